The maximum atomic E-state index is 13.5. The Kier molecular flexibility index (Phi) is 3.49. The molecule has 0 spiro atoms. The number of benzene rings is 2. The number of aromatic amines is 1. The number of halogens is 1. The van der Waals surface area contributed by atoms with Gasteiger partial charge >= 0.3 is 0 Å². The quantitative estimate of drug-likeness (QED) is 0.784. The number of hydrogen-bond donors (Lipinski definition) is 1. The summed E-state index contributed by atoms with van der Waals surface area (Å²) in [4.78, 5) is 17.8. The minimum atomic E-state index is -0.235. The Morgan fingerprint density at radius 2 is 2.00 bits per heavy atom. The zero-order chi connectivity index (χ0) is 16.7. The number of nitrogens with one attached hydrogen (secondary N) is 1. The average Bonchev–Trinajstić information content (AvgIpc) is 2.98. The Morgan fingerprint density at radius 3 is 2.75 bits per heavy atom. The Bertz CT molecular complexity index is 915. The van der Waals surface area contributed by atoms with E-state index in [2.05, 4.69) is 4.98 Å². The van der Waals surface area contributed by atoms with Crippen molar-refractivity contribution in [3.63, 3.8) is 0 Å². The molecule has 1 aliphatic heterocycles. The number of H-pyrrole nitrogens is 1. The van der Waals surface area contributed by atoms with Crippen LogP contribution in [0.1, 0.15) is 21.6 Å². The van der Waals surface area contributed by atoms with Gasteiger partial charge in [0.2, 0.25) is 0 Å². The van der Waals surface area contributed by atoms with Gasteiger partial charge in [0.1, 0.15) is 11.6 Å². The third kappa shape index (κ3) is 2.42. The topological polar surface area (TPSA) is 45.3 Å². The summed E-state index contributed by atoms with van der Waals surface area (Å²) in [7, 11) is 1.60. The molecule has 24 heavy (non-hydrogen) atoms. The fraction of sp³-hybridized carbons (Fsp3) is 0.211. The normalized spacial score (nSPS) is 13.8. The van der Waals surface area contributed by atoms with Crippen molar-refractivity contribution >= 4 is 16.8 Å². The van der Waals surface area contributed by atoms with E-state index >= 15 is 0 Å². The largest absolute Gasteiger partial charge is 0.497 e. The van der Waals surface area contributed by atoms with E-state index in [4.69, 9.17) is 4.74 Å². The van der Waals surface area contributed by atoms with Gasteiger partial charge in [0.25, 0.3) is 5.91 Å². The monoisotopic (exact) mass is 324 g/mol. The molecule has 0 aliphatic carbocycles. The lowest BCUT2D eigenvalue weighted by atomic mass is 10.0. The van der Waals surface area contributed by atoms with Crippen molar-refractivity contribution in [2.75, 3.05) is 13.7 Å². The molecule has 1 aliphatic rings. The fourth-order valence-electron chi connectivity index (χ4n) is 3.30. The van der Waals surface area contributed by atoms with Crippen LogP contribution in [-0.4, -0.2) is 29.4 Å². The van der Waals surface area contributed by atoms with Crippen LogP contribution in [-0.2, 0) is 13.0 Å². The van der Waals surface area contributed by atoms with Gasteiger partial charge in [0.15, 0.2) is 0 Å². The van der Waals surface area contributed by atoms with Crippen LogP contribution in [0.25, 0.3) is 10.9 Å². The SMILES string of the molecule is COc1ccc(C(=O)N2CCc3c([nH]c4ccc(F)cc34)C2)cc1. The lowest BCUT2D eigenvalue weighted by Gasteiger charge is -2.27. The van der Waals surface area contributed by atoms with Crippen LogP contribution in [0.4, 0.5) is 4.39 Å². The van der Waals surface area contributed by atoms with E-state index in [1.54, 1.807) is 43.5 Å². The fourth-order valence-corrected chi connectivity index (χ4v) is 3.30. The number of rotatable bonds is 2. The van der Waals surface area contributed by atoms with Gasteiger partial charge in [0.05, 0.1) is 13.7 Å². The molecule has 0 radical (unpaired) electrons. The lowest BCUT2D eigenvalue weighted by molar-refractivity contribution is 0.0733. The third-order valence-electron chi connectivity index (χ3n) is 4.56. The number of aromatic nitrogens is 1. The molecule has 2 aromatic carbocycles. The standard InChI is InChI=1S/C19H17FN2O2/c1-24-14-5-2-12(3-6-14)19(23)22-9-8-15-16-10-13(20)4-7-17(16)21-18(15)11-22/h2-7,10,21H,8-9,11H2,1H3. The summed E-state index contributed by atoms with van der Waals surface area (Å²) < 4.78 is 18.6. The third-order valence-corrected chi connectivity index (χ3v) is 4.56. The number of fused-ring (bicyclic) bond motifs is 3. The minimum Gasteiger partial charge on any atom is -0.497 e. The average molecular weight is 324 g/mol. The second-order valence-corrected chi connectivity index (χ2v) is 5.98. The van der Waals surface area contributed by atoms with Crippen LogP contribution in [0.5, 0.6) is 5.75 Å². The number of carbonyl (C=O) groups excluding carboxylic acids is 1. The van der Waals surface area contributed by atoms with Crippen molar-refractivity contribution in [3.8, 4) is 5.75 Å². The highest BCUT2D eigenvalue weighted by Gasteiger charge is 2.24. The first-order chi connectivity index (χ1) is 11.7. The molecular formula is C19H17FN2O2. The van der Waals surface area contributed by atoms with Crippen LogP contribution in [0.2, 0.25) is 0 Å². The maximum Gasteiger partial charge on any atom is 0.254 e. The van der Waals surface area contributed by atoms with E-state index in [1.807, 2.05) is 4.90 Å². The summed E-state index contributed by atoms with van der Waals surface area (Å²) in [6.45, 7) is 1.14. The highest BCUT2D eigenvalue weighted by molar-refractivity contribution is 5.95. The summed E-state index contributed by atoms with van der Waals surface area (Å²) in [6, 6.07) is 11.9. The summed E-state index contributed by atoms with van der Waals surface area (Å²) in [6.07, 6.45) is 0.723. The zero-order valence-corrected chi connectivity index (χ0v) is 13.3. The van der Waals surface area contributed by atoms with E-state index in [0.29, 0.717) is 18.7 Å². The van der Waals surface area contributed by atoms with Gasteiger partial charge < -0.3 is 14.6 Å². The molecule has 5 heteroatoms. The number of methoxy groups -OCH3 is 1. The molecule has 4 nitrogen and oxygen atoms in total. The Morgan fingerprint density at radius 1 is 1.21 bits per heavy atom. The van der Waals surface area contributed by atoms with Gasteiger partial charge in [-0.25, -0.2) is 4.39 Å². The van der Waals surface area contributed by atoms with Crippen LogP contribution >= 0.6 is 0 Å². The van der Waals surface area contributed by atoms with Gasteiger partial charge in [-0.1, -0.05) is 0 Å². The molecule has 0 bridgehead atoms. The molecule has 0 saturated heterocycles. The van der Waals surface area contributed by atoms with E-state index in [0.717, 1.165) is 34.3 Å². The number of amides is 1. The van der Waals surface area contributed by atoms with E-state index in [-0.39, 0.29) is 11.7 Å². The molecular weight excluding hydrogens is 307 g/mol. The summed E-state index contributed by atoms with van der Waals surface area (Å²) in [5.41, 5.74) is 3.66. The smallest absolute Gasteiger partial charge is 0.254 e. The number of ether oxygens (including phenoxy) is 1. The summed E-state index contributed by atoms with van der Waals surface area (Å²) >= 11 is 0. The molecule has 3 aromatic rings. The number of carbonyl (C=O) groups is 1. The van der Waals surface area contributed by atoms with Crippen molar-refractivity contribution in [3.05, 3.63) is 65.1 Å². The molecule has 0 fully saturated rings. The first-order valence-electron chi connectivity index (χ1n) is 7.88. The van der Waals surface area contributed by atoms with Crippen molar-refractivity contribution in [1.29, 1.82) is 0 Å². The highest BCUT2D eigenvalue weighted by atomic mass is 19.1. The van der Waals surface area contributed by atoms with Gasteiger partial charge in [0, 0.05) is 28.7 Å². The molecule has 1 N–H and O–H groups in total. The van der Waals surface area contributed by atoms with Gasteiger partial charge in [-0.15, -0.1) is 0 Å². The molecule has 0 unspecified atom stereocenters. The predicted octanol–water partition coefficient (Wildman–Crippen LogP) is 3.51. The maximum absolute atomic E-state index is 13.5. The van der Waals surface area contributed by atoms with Gasteiger partial charge in [-0.2, -0.15) is 0 Å². The molecule has 122 valence electrons. The van der Waals surface area contributed by atoms with Crippen molar-refractivity contribution in [2.45, 2.75) is 13.0 Å². The van der Waals surface area contributed by atoms with Crippen LogP contribution in [0, 0.1) is 5.82 Å². The molecule has 1 aromatic heterocycles. The predicted molar refractivity (Wildman–Crippen MR) is 89.7 cm³/mol. The zero-order valence-electron chi connectivity index (χ0n) is 13.3. The Labute approximate surface area is 138 Å². The van der Waals surface area contributed by atoms with E-state index < -0.39 is 0 Å². The first-order valence-corrected chi connectivity index (χ1v) is 7.88. The first kappa shape index (κ1) is 14.8. The molecule has 0 atom stereocenters. The van der Waals surface area contributed by atoms with E-state index in [9.17, 15) is 9.18 Å². The van der Waals surface area contributed by atoms with Crippen molar-refractivity contribution < 1.29 is 13.9 Å². The number of nitrogens with zero attached hydrogens (tertiary/aromatic N) is 1. The molecule has 0 saturated carbocycles. The van der Waals surface area contributed by atoms with Gasteiger partial charge in [-0.05, 0) is 54.4 Å². The molecule has 4 rings (SSSR count). The van der Waals surface area contributed by atoms with E-state index in [1.165, 1.54) is 6.07 Å². The highest BCUT2D eigenvalue weighted by Crippen LogP contribution is 2.29. The van der Waals surface area contributed by atoms with Crippen LogP contribution in [0.3, 0.4) is 0 Å². The lowest BCUT2D eigenvalue weighted by Crippen LogP contribution is -2.35. The number of hydrogen-bond acceptors (Lipinski definition) is 2. The van der Waals surface area contributed by atoms with Crippen LogP contribution < -0.4 is 4.74 Å². The molecule has 2 heterocycles. The molecule has 1 amide bonds. The van der Waals surface area contributed by atoms with Crippen molar-refractivity contribution in [1.82, 2.24) is 9.88 Å². The summed E-state index contributed by atoms with van der Waals surface area (Å²) in [5, 5.41) is 0.918. The van der Waals surface area contributed by atoms with Crippen LogP contribution in [0.15, 0.2) is 42.5 Å². The second-order valence-electron chi connectivity index (χ2n) is 5.98. The summed E-state index contributed by atoms with van der Waals surface area (Å²) in [5.74, 6) is 0.485. The minimum absolute atomic E-state index is 0.00635. The Balaban J connectivity index is 1.61. The second kappa shape index (κ2) is 5.67. The van der Waals surface area contributed by atoms with Gasteiger partial charge in [-0.3, -0.25) is 4.79 Å². The Hall–Kier alpha value is -2.82. The van der Waals surface area contributed by atoms with Crippen molar-refractivity contribution in [2.24, 2.45) is 0 Å².